The summed E-state index contributed by atoms with van der Waals surface area (Å²) in [7, 11) is 0. The highest BCUT2D eigenvalue weighted by Gasteiger charge is 2.35. The number of hydrazone groups is 1. The number of thioether (sulfide) groups is 1. The Hall–Kier alpha value is -2.20. The zero-order chi connectivity index (χ0) is 18.0. The normalized spacial score (nSPS) is 19.8. The molecule has 1 atom stereocenters. The van der Waals surface area contributed by atoms with Crippen LogP contribution in [-0.4, -0.2) is 46.4 Å². The predicted octanol–water partition coefficient (Wildman–Crippen LogP) is 2.14. The maximum absolute atomic E-state index is 12.7. The molecule has 3 rings (SSSR count). The number of aliphatic hydroxyl groups is 1. The highest BCUT2D eigenvalue weighted by Crippen LogP contribution is 2.31. The van der Waals surface area contributed by atoms with E-state index in [1.54, 1.807) is 6.07 Å². The van der Waals surface area contributed by atoms with Gasteiger partial charge in [-0.3, -0.25) is 4.79 Å². The summed E-state index contributed by atoms with van der Waals surface area (Å²) in [6.45, 7) is 0.0474. The van der Waals surface area contributed by atoms with Crippen molar-refractivity contribution < 1.29 is 23.1 Å². The molecule has 1 N–H and O–H groups in total. The van der Waals surface area contributed by atoms with E-state index in [4.69, 9.17) is 5.11 Å². The standard InChI is InChI=1S/C15H13F3N4O2S/c16-15(17,18)10-3-1-2-9(6-10)8-25-14-20-12-11(13(24)21-14)7-19-22(12)4-5-23/h1-3,6-7,11,23H,4-5,8H2. The van der Waals surface area contributed by atoms with Gasteiger partial charge in [0.15, 0.2) is 5.17 Å². The third kappa shape index (κ3) is 3.90. The molecule has 0 aromatic heterocycles. The van der Waals surface area contributed by atoms with Crippen LogP contribution < -0.4 is 0 Å². The Morgan fingerprint density at radius 2 is 2.08 bits per heavy atom. The van der Waals surface area contributed by atoms with Crippen LogP contribution in [-0.2, 0) is 16.7 Å². The fourth-order valence-electron chi connectivity index (χ4n) is 2.34. The van der Waals surface area contributed by atoms with E-state index in [9.17, 15) is 18.0 Å². The third-order valence-electron chi connectivity index (χ3n) is 3.51. The van der Waals surface area contributed by atoms with Crippen molar-refractivity contribution in [1.82, 2.24) is 5.01 Å². The van der Waals surface area contributed by atoms with E-state index in [0.29, 0.717) is 11.4 Å². The quantitative estimate of drug-likeness (QED) is 0.881. The van der Waals surface area contributed by atoms with Gasteiger partial charge >= 0.3 is 6.18 Å². The Bertz CT molecular complexity index is 776. The van der Waals surface area contributed by atoms with E-state index < -0.39 is 23.6 Å². The van der Waals surface area contributed by atoms with E-state index in [0.717, 1.165) is 23.9 Å². The molecule has 0 spiro atoms. The third-order valence-corrected chi connectivity index (χ3v) is 4.43. The van der Waals surface area contributed by atoms with Gasteiger partial charge in [0.1, 0.15) is 11.8 Å². The molecule has 25 heavy (non-hydrogen) atoms. The van der Waals surface area contributed by atoms with Gasteiger partial charge in [0.05, 0.1) is 18.7 Å². The molecule has 0 bridgehead atoms. The minimum atomic E-state index is -4.40. The lowest BCUT2D eigenvalue weighted by Crippen LogP contribution is -2.35. The SMILES string of the molecule is O=C1N=C(SCc2cccc(C(F)(F)F)c2)N=C2C1C=NN2CCO. The smallest absolute Gasteiger partial charge is 0.394 e. The minimum absolute atomic E-state index is 0.152. The molecule has 1 unspecified atom stereocenters. The first-order chi connectivity index (χ1) is 11.9. The summed E-state index contributed by atoms with van der Waals surface area (Å²) >= 11 is 1.07. The second-order valence-corrected chi connectivity index (χ2v) is 6.22. The largest absolute Gasteiger partial charge is 0.416 e. The summed E-state index contributed by atoms with van der Waals surface area (Å²) in [5.74, 6) is -0.524. The van der Waals surface area contributed by atoms with Crippen molar-refractivity contribution in [2.45, 2.75) is 11.9 Å². The summed E-state index contributed by atoms with van der Waals surface area (Å²) in [6.07, 6.45) is -2.99. The van der Waals surface area contributed by atoms with Crippen molar-refractivity contribution in [2.24, 2.45) is 21.0 Å². The number of rotatable bonds is 4. The first kappa shape index (κ1) is 17.6. The second kappa shape index (κ2) is 6.96. The van der Waals surface area contributed by atoms with Crippen LogP contribution in [0.5, 0.6) is 0 Å². The molecule has 0 saturated heterocycles. The van der Waals surface area contributed by atoms with Gasteiger partial charge in [-0.1, -0.05) is 30.0 Å². The Morgan fingerprint density at radius 3 is 2.80 bits per heavy atom. The molecule has 1 aromatic rings. The van der Waals surface area contributed by atoms with Crippen molar-refractivity contribution in [1.29, 1.82) is 0 Å². The number of alkyl halides is 3. The fraction of sp³-hybridized carbons (Fsp3) is 0.333. The number of amidine groups is 2. The average molecular weight is 370 g/mol. The van der Waals surface area contributed by atoms with Crippen LogP contribution in [0.15, 0.2) is 39.4 Å². The molecule has 0 aliphatic carbocycles. The van der Waals surface area contributed by atoms with Gasteiger partial charge in [-0.25, -0.2) is 10.0 Å². The maximum atomic E-state index is 12.7. The molecule has 6 nitrogen and oxygen atoms in total. The number of carbonyl (C=O) groups excluding carboxylic acids is 1. The van der Waals surface area contributed by atoms with Gasteiger partial charge in [0.2, 0.25) is 0 Å². The van der Waals surface area contributed by atoms with Crippen molar-refractivity contribution in [2.75, 3.05) is 13.2 Å². The zero-order valence-corrected chi connectivity index (χ0v) is 13.6. The summed E-state index contributed by atoms with van der Waals surface area (Å²) in [4.78, 5) is 20.1. The predicted molar refractivity (Wildman–Crippen MR) is 88.4 cm³/mol. The van der Waals surface area contributed by atoms with Crippen molar-refractivity contribution in [3.8, 4) is 0 Å². The van der Waals surface area contributed by atoms with Crippen LogP contribution >= 0.6 is 11.8 Å². The van der Waals surface area contributed by atoms with Crippen molar-refractivity contribution >= 4 is 34.9 Å². The zero-order valence-electron chi connectivity index (χ0n) is 12.8. The Kier molecular flexibility index (Phi) is 4.91. The van der Waals surface area contributed by atoms with Crippen LogP contribution in [0.2, 0.25) is 0 Å². The number of amides is 1. The van der Waals surface area contributed by atoms with Gasteiger partial charge in [0, 0.05) is 12.0 Å². The number of aliphatic imine (C=N–C) groups is 2. The van der Waals surface area contributed by atoms with E-state index in [-0.39, 0.29) is 24.1 Å². The topological polar surface area (TPSA) is 77.6 Å². The maximum Gasteiger partial charge on any atom is 0.416 e. The molecule has 1 amide bonds. The molecule has 1 aromatic carbocycles. The molecule has 0 radical (unpaired) electrons. The fourth-order valence-corrected chi connectivity index (χ4v) is 3.13. The van der Waals surface area contributed by atoms with Crippen LogP contribution in [0.1, 0.15) is 11.1 Å². The lowest BCUT2D eigenvalue weighted by molar-refractivity contribution is -0.137. The molecule has 10 heteroatoms. The van der Waals surface area contributed by atoms with Crippen LogP contribution in [0.4, 0.5) is 13.2 Å². The lowest BCUT2D eigenvalue weighted by Gasteiger charge is -2.19. The Balaban J connectivity index is 1.72. The molecule has 2 aliphatic heterocycles. The highest BCUT2D eigenvalue weighted by molar-refractivity contribution is 8.13. The van der Waals surface area contributed by atoms with E-state index in [1.807, 2.05) is 0 Å². The number of carbonyl (C=O) groups is 1. The number of halogens is 3. The Labute approximate surface area is 145 Å². The summed E-state index contributed by atoms with van der Waals surface area (Å²) in [6, 6.07) is 4.97. The molecular formula is C15H13F3N4O2S. The molecule has 0 saturated carbocycles. The molecular weight excluding hydrogens is 357 g/mol. The number of fused-ring (bicyclic) bond motifs is 1. The molecule has 2 heterocycles. The van der Waals surface area contributed by atoms with E-state index in [1.165, 1.54) is 17.3 Å². The number of hydrogen-bond donors (Lipinski definition) is 1. The number of nitrogens with zero attached hydrogens (tertiary/aromatic N) is 4. The van der Waals surface area contributed by atoms with Crippen LogP contribution in [0.25, 0.3) is 0 Å². The van der Waals surface area contributed by atoms with Gasteiger partial charge in [-0.2, -0.15) is 23.3 Å². The van der Waals surface area contributed by atoms with Gasteiger partial charge in [0.25, 0.3) is 5.91 Å². The number of benzene rings is 1. The van der Waals surface area contributed by atoms with Crippen LogP contribution in [0.3, 0.4) is 0 Å². The number of β-amino-alcohol motifs (C(OH)–C–C–N with tert-alkyl or cyclic N) is 1. The second-order valence-electron chi connectivity index (χ2n) is 5.28. The molecule has 0 fully saturated rings. The van der Waals surface area contributed by atoms with Gasteiger partial charge < -0.3 is 5.11 Å². The first-order valence-electron chi connectivity index (χ1n) is 7.31. The van der Waals surface area contributed by atoms with Crippen molar-refractivity contribution in [3.05, 3.63) is 35.4 Å². The van der Waals surface area contributed by atoms with Crippen molar-refractivity contribution in [3.63, 3.8) is 0 Å². The molecule has 132 valence electrons. The Morgan fingerprint density at radius 1 is 1.28 bits per heavy atom. The summed E-state index contributed by atoms with van der Waals surface area (Å²) in [5.41, 5.74) is -0.274. The summed E-state index contributed by atoms with van der Waals surface area (Å²) < 4.78 is 38.2. The van der Waals surface area contributed by atoms with Gasteiger partial charge in [-0.15, -0.1) is 0 Å². The summed E-state index contributed by atoms with van der Waals surface area (Å²) in [5, 5.41) is 14.6. The van der Waals surface area contributed by atoms with E-state index in [2.05, 4.69) is 15.1 Å². The molecule has 2 aliphatic rings. The first-order valence-corrected chi connectivity index (χ1v) is 8.29. The number of aliphatic hydroxyl groups excluding tert-OH is 1. The van der Waals surface area contributed by atoms with E-state index >= 15 is 0 Å². The highest BCUT2D eigenvalue weighted by atomic mass is 32.2. The average Bonchev–Trinajstić information content (AvgIpc) is 2.96. The van der Waals surface area contributed by atoms with Crippen LogP contribution in [0, 0.1) is 5.92 Å². The lowest BCUT2D eigenvalue weighted by atomic mass is 10.1. The number of hydrogen-bond acceptors (Lipinski definition) is 6. The monoisotopic (exact) mass is 370 g/mol. The minimum Gasteiger partial charge on any atom is -0.394 e. The van der Waals surface area contributed by atoms with Gasteiger partial charge in [-0.05, 0) is 11.6 Å².